The summed E-state index contributed by atoms with van der Waals surface area (Å²) in [5.41, 5.74) is 0.384. The molecule has 1 rings (SSSR count). The second kappa shape index (κ2) is 5.66. The first-order valence-corrected chi connectivity index (χ1v) is 5.73. The minimum atomic E-state index is -0.884. The fraction of sp³-hybridized carbons (Fsp3) is 0.583. The third-order valence-corrected chi connectivity index (χ3v) is 2.66. The van der Waals surface area contributed by atoms with Gasteiger partial charge in [0.05, 0.1) is 12.6 Å². The molecule has 0 fully saturated rings. The van der Waals surface area contributed by atoms with Gasteiger partial charge in [-0.15, -0.1) is 0 Å². The van der Waals surface area contributed by atoms with E-state index in [0.717, 1.165) is 5.56 Å². The second-order valence-corrected chi connectivity index (χ2v) is 5.27. The first kappa shape index (κ1) is 14.2. The van der Waals surface area contributed by atoms with E-state index >= 15 is 0 Å². The van der Waals surface area contributed by atoms with Gasteiger partial charge in [0.15, 0.2) is 0 Å². The molecule has 1 aromatic heterocycles. The lowest BCUT2D eigenvalue weighted by atomic mass is 9.85. The number of carbonyl (C=O) groups excluding carboxylic acids is 1. The Labute approximate surface area is 106 Å². The van der Waals surface area contributed by atoms with E-state index in [4.69, 9.17) is 5.11 Å². The molecule has 6 heteroatoms. The number of carbonyl (C=O) groups is 2. The summed E-state index contributed by atoms with van der Waals surface area (Å²) < 4.78 is 0. The van der Waals surface area contributed by atoms with E-state index in [9.17, 15) is 9.59 Å². The number of nitrogens with zero attached hydrogens (tertiary/aromatic N) is 2. The van der Waals surface area contributed by atoms with E-state index in [1.54, 1.807) is 38.2 Å². The molecule has 0 radical (unpaired) electrons. The average Bonchev–Trinajstić information content (AvgIpc) is 2.67. The second-order valence-electron chi connectivity index (χ2n) is 5.27. The third-order valence-electron chi connectivity index (χ3n) is 2.66. The normalized spacial score (nSPS) is 11.3. The summed E-state index contributed by atoms with van der Waals surface area (Å²) in [6, 6.07) is 0. The SMILES string of the molecule is CN(Cc1cn[nH]c1)C(=O)CC(C)(C)CC(=O)O. The molecule has 0 aliphatic heterocycles. The van der Waals surface area contributed by atoms with Crippen LogP contribution in [0.4, 0.5) is 0 Å². The minimum absolute atomic E-state index is 0.0156. The molecule has 0 aliphatic rings. The van der Waals surface area contributed by atoms with Gasteiger partial charge in [-0.05, 0) is 5.41 Å². The molecule has 0 aromatic carbocycles. The zero-order valence-corrected chi connectivity index (χ0v) is 10.9. The van der Waals surface area contributed by atoms with Gasteiger partial charge in [-0.25, -0.2) is 0 Å². The highest BCUT2D eigenvalue weighted by atomic mass is 16.4. The van der Waals surface area contributed by atoms with Gasteiger partial charge in [-0.3, -0.25) is 14.7 Å². The molecule has 0 bridgehead atoms. The molecule has 1 heterocycles. The molecule has 6 nitrogen and oxygen atoms in total. The summed E-state index contributed by atoms with van der Waals surface area (Å²) >= 11 is 0. The number of nitrogens with one attached hydrogen (secondary N) is 1. The molecule has 100 valence electrons. The van der Waals surface area contributed by atoms with Gasteiger partial charge in [-0.1, -0.05) is 13.8 Å². The number of amides is 1. The average molecular weight is 253 g/mol. The van der Waals surface area contributed by atoms with Crippen molar-refractivity contribution in [3.8, 4) is 0 Å². The van der Waals surface area contributed by atoms with Crippen LogP contribution in [0.1, 0.15) is 32.3 Å². The highest BCUT2D eigenvalue weighted by Crippen LogP contribution is 2.25. The maximum Gasteiger partial charge on any atom is 0.303 e. The van der Waals surface area contributed by atoms with Crippen LogP contribution < -0.4 is 0 Å². The number of hydrogen-bond acceptors (Lipinski definition) is 3. The molecular weight excluding hydrogens is 234 g/mol. The topological polar surface area (TPSA) is 86.3 Å². The number of aliphatic carboxylic acids is 1. The smallest absolute Gasteiger partial charge is 0.303 e. The van der Waals surface area contributed by atoms with Crippen LogP contribution in [0.5, 0.6) is 0 Å². The summed E-state index contributed by atoms with van der Waals surface area (Å²) in [6.45, 7) is 4.04. The van der Waals surface area contributed by atoms with E-state index in [0.29, 0.717) is 6.54 Å². The van der Waals surface area contributed by atoms with Crippen LogP contribution in [-0.4, -0.2) is 39.1 Å². The van der Waals surface area contributed by atoms with Crippen molar-refractivity contribution in [2.75, 3.05) is 7.05 Å². The fourth-order valence-corrected chi connectivity index (χ4v) is 1.74. The molecule has 0 aliphatic carbocycles. The molecule has 0 spiro atoms. The van der Waals surface area contributed by atoms with E-state index in [-0.39, 0.29) is 18.7 Å². The van der Waals surface area contributed by atoms with Gasteiger partial charge in [0, 0.05) is 31.8 Å². The molecule has 0 atom stereocenters. The Morgan fingerprint density at radius 3 is 2.61 bits per heavy atom. The van der Waals surface area contributed by atoms with Crippen LogP contribution >= 0.6 is 0 Å². The molecule has 0 saturated heterocycles. The summed E-state index contributed by atoms with van der Waals surface area (Å²) in [6.07, 6.45) is 3.59. The van der Waals surface area contributed by atoms with Gasteiger partial charge in [-0.2, -0.15) is 5.10 Å². The monoisotopic (exact) mass is 253 g/mol. The van der Waals surface area contributed by atoms with Crippen LogP contribution in [0.15, 0.2) is 12.4 Å². The van der Waals surface area contributed by atoms with Crippen LogP contribution in [-0.2, 0) is 16.1 Å². The Kier molecular flexibility index (Phi) is 4.47. The van der Waals surface area contributed by atoms with E-state index in [1.807, 2.05) is 0 Å². The van der Waals surface area contributed by atoms with Crippen molar-refractivity contribution < 1.29 is 14.7 Å². The van der Waals surface area contributed by atoms with Crippen LogP contribution in [0.3, 0.4) is 0 Å². The standard InChI is InChI=1S/C12H19N3O3/c1-12(2,5-11(17)18)4-10(16)15(3)8-9-6-13-14-7-9/h6-7H,4-5,8H2,1-3H3,(H,13,14)(H,17,18). The maximum absolute atomic E-state index is 12.0. The van der Waals surface area contributed by atoms with E-state index in [1.165, 1.54) is 0 Å². The number of carboxylic acids is 1. The molecule has 0 unspecified atom stereocenters. The van der Waals surface area contributed by atoms with Crippen molar-refractivity contribution in [1.82, 2.24) is 15.1 Å². The highest BCUT2D eigenvalue weighted by Gasteiger charge is 2.26. The maximum atomic E-state index is 12.0. The third kappa shape index (κ3) is 4.57. The first-order chi connectivity index (χ1) is 8.30. The predicted molar refractivity (Wildman–Crippen MR) is 65.7 cm³/mol. The summed E-state index contributed by atoms with van der Waals surface area (Å²) in [7, 11) is 1.70. The molecule has 18 heavy (non-hydrogen) atoms. The zero-order valence-electron chi connectivity index (χ0n) is 10.9. The van der Waals surface area contributed by atoms with Crippen molar-refractivity contribution >= 4 is 11.9 Å². The Morgan fingerprint density at radius 2 is 2.11 bits per heavy atom. The van der Waals surface area contributed by atoms with Gasteiger partial charge in [0.2, 0.25) is 5.91 Å². The predicted octanol–water partition coefficient (Wildman–Crippen LogP) is 1.26. The van der Waals surface area contributed by atoms with Gasteiger partial charge < -0.3 is 10.0 Å². The van der Waals surface area contributed by atoms with E-state index in [2.05, 4.69) is 10.2 Å². The summed E-state index contributed by atoms with van der Waals surface area (Å²) in [4.78, 5) is 24.2. The molecule has 1 aromatic rings. The largest absolute Gasteiger partial charge is 0.481 e. The molecule has 0 saturated carbocycles. The molecular formula is C12H19N3O3. The zero-order chi connectivity index (χ0) is 13.8. The molecule has 1 amide bonds. The van der Waals surface area contributed by atoms with Crippen molar-refractivity contribution in [3.05, 3.63) is 18.0 Å². The highest BCUT2D eigenvalue weighted by molar-refractivity contribution is 5.77. The lowest BCUT2D eigenvalue weighted by Crippen LogP contribution is -2.31. The Hall–Kier alpha value is -1.85. The Bertz CT molecular complexity index is 412. The number of aromatic nitrogens is 2. The lowest BCUT2D eigenvalue weighted by Gasteiger charge is -2.25. The van der Waals surface area contributed by atoms with Crippen LogP contribution in [0.25, 0.3) is 0 Å². The number of hydrogen-bond donors (Lipinski definition) is 2. The van der Waals surface area contributed by atoms with Gasteiger partial charge >= 0.3 is 5.97 Å². The quantitative estimate of drug-likeness (QED) is 0.799. The Morgan fingerprint density at radius 1 is 1.44 bits per heavy atom. The number of carboxylic acid groups (broad SMARTS) is 1. The van der Waals surface area contributed by atoms with Crippen LogP contribution in [0.2, 0.25) is 0 Å². The number of aromatic amines is 1. The summed E-state index contributed by atoms with van der Waals surface area (Å²) in [5, 5.41) is 15.3. The Balaban J connectivity index is 2.51. The molecule has 2 N–H and O–H groups in total. The lowest BCUT2D eigenvalue weighted by molar-refractivity contribution is -0.140. The van der Waals surface area contributed by atoms with Gasteiger partial charge in [0.1, 0.15) is 0 Å². The summed E-state index contributed by atoms with van der Waals surface area (Å²) in [5.74, 6) is -0.951. The van der Waals surface area contributed by atoms with E-state index < -0.39 is 11.4 Å². The van der Waals surface area contributed by atoms with Crippen molar-refractivity contribution in [1.29, 1.82) is 0 Å². The number of rotatable bonds is 6. The first-order valence-electron chi connectivity index (χ1n) is 5.73. The minimum Gasteiger partial charge on any atom is -0.481 e. The van der Waals surface area contributed by atoms with Crippen molar-refractivity contribution in [3.63, 3.8) is 0 Å². The van der Waals surface area contributed by atoms with Crippen molar-refractivity contribution in [2.45, 2.75) is 33.2 Å². The van der Waals surface area contributed by atoms with Crippen molar-refractivity contribution in [2.24, 2.45) is 5.41 Å². The van der Waals surface area contributed by atoms with Gasteiger partial charge in [0.25, 0.3) is 0 Å². The van der Waals surface area contributed by atoms with Crippen LogP contribution in [0, 0.1) is 5.41 Å². The fourth-order valence-electron chi connectivity index (χ4n) is 1.74. The number of H-pyrrole nitrogens is 1.